The second-order valence-corrected chi connectivity index (χ2v) is 9.27. The zero-order chi connectivity index (χ0) is 21.8. The second kappa shape index (κ2) is 7.22. The van der Waals surface area contributed by atoms with Crippen LogP contribution in [-0.2, 0) is 0 Å². The van der Waals surface area contributed by atoms with Crippen molar-refractivity contribution in [3.05, 3.63) is 109 Å². The summed E-state index contributed by atoms with van der Waals surface area (Å²) >= 11 is 1.86. The molecule has 0 atom stereocenters. The molecule has 33 heavy (non-hydrogen) atoms. The summed E-state index contributed by atoms with van der Waals surface area (Å²) in [4.78, 5) is 10.2. The van der Waals surface area contributed by atoms with E-state index in [1.165, 1.54) is 30.9 Å². The van der Waals surface area contributed by atoms with Crippen LogP contribution in [0.15, 0.2) is 109 Å². The lowest BCUT2D eigenvalue weighted by atomic mass is 9.97. The van der Waals surface area contributed by atoms with Crippen LogP contribution in [-0.4, -0.2) is 9.97 Å². The van der Waals surface area contributed by atoms with Gasteiger partial charge >= 0.3 is 0 Å². The maximum atomic E-state index is 5.14. The Labute approximate surface area is 194 Å². The van der Waals surface area contributed by atoms with Crippen molar-refractivity contribution in [2.24, 2.45) is 0 Å². The van der Waals surface area contributed by atoms with Gasteiger partial charge in [-0.2, -0.15) is 0 Å². The first-order valence-corrected chi connectivity index (χ1v) is 11.8. The van der Waals surface area contributed by atoms with E-state index in [1.807, 2.05) is 41.7 Å². The highest BCUT2D eigenvalue weighted by Gasteiger charge is 2.17. The molecule has 0 amide bonds. The van der Waals surface area contributed by atoms with E-state index >= 15 is 0 Å². The van der Waals surface area contributed by atoms with Crippen molar-refractivity contribution in [3.8, 4) is 22.5 Å². The van der Waals surface area contributed by atoms with E-state index in [1.54, 1.807) is 0 Å². The zero-order valence-electron chi connectivity index (χ0n) is 17.7. The monoisotopic (exact) mass is 438 g/mol. The lowest BCUT2D eigenvalue weighted by Gasteiger charge is -2.13. The molecule has 0 N–H and O–H groups in total. The fourth-order valence-corrected chi connectivity index (χ4v) is 5.96. The first-order chi connectivity index (χ1) is 16.4. The molecule has 0 saturated heterocycles. The van der Waals surface area contributed by atoms with Crippen LogP contribution < -0.4 is 0 Å². The van der Waals surface area contributed by atoms with Crippen molar-refractivity contribution in [1.29, 1.82) is 0 Å². The summed E-state index contributed by atoms with van der Waals surface area (Å²) in [6.45, 7) is 0. The van der Waals surface area contributed by atoms with Crippen LogP contribution in [0, 0.1) is 0 Å². The summed E-state index contributed by atoms with van der Waals surface area (Å²) in [5, 5.41) is 5.10. The van der Waals surface area contributed by atoms with Crippen molar-refractivity contribution in [3.63, 3.8) is 0 Å². The van der Waals surface area contributed by atoms with E-state index in [0.717, 1.165) is 33.5 Å². The molecule has 0 bridgehead atoms. The largest absolute Gasteiger partial charge is 0.244 e. The molecule has 0 fully saturated rings. The number of hydrogen-bond donors (Lipinski definition) is 0. The third-order valence-electron chi connectivity index (χ3n) is 6.27. The minimum Gasteiger partial charge on any atom is -0.244 e. The maximum absolute atomic E-state index is 5.14. The van der Waals surface area contributed by atoms with Gasteiger partial charge in [0, 0.05) is 36.7 Å². The van der Waals surface area contributed by atoms with Gasteiger partial charge in [0.25, 0.3) is 0 Å². The lowest BCUT2D eigenvalue weighted by Crippen LogP contribution is -1.96. The molecule has 0 aliphatic carbocycles. The maximum Gasteiger partial charge on any atom is 0.0979 e. The summed E-state index contributed by atoms with van der Waals surface area (Å²) in [5.41, 5.74) is 5.85. The van der Waals surface area contributed by atoms with Gasteiger partial charge in [-0.1, -0.05) is 91.0 Å². The number of thiophene rings is 1. The van der Waals surface area contributed by atoms with Gasteiger partial charge in [-0.15, -0.1) is 11.3 Å². The highest BCUT2D eigenvalue weighted by molar-refractivity contribution is 7.26. The summed E-state index contributed by atoms with van der Waals surface area (Å²) < 4.78 is 2.64. The van der Waals surface area contributed by atoms with Gasteiger partial charge in [-0.25, -0.2) is 9.97 Å². The van der Waals surface area contributed by atoms with Crippen LogP contribution in [0.25, 0.3) is 64.5 Å². The van der Waals surface area contributed by atoms with Crippen LogP contribution in [0.1, 0.15) is 0 Å². The average Bonchev–Trinajstić information content (AvgIpc) is 3.27. The topological polar surface area (TPSA) is 25.8 Å². The quantitative estimate of drug-likeness (QED) is 0.270. The van der Waals surface area contributed by atoms with Gasteiger partial charge in [0.1, 0.15) is 0 Å². The molecule has 0 aliphatic rings. The minimum atomic E-state index is 0.909. The third-order valence-corrected chi connectivity index (χ3v) is 7.49. The number of para-hydroxylation sites is 2. The van der Waals surface area contributed by atoms with Gasteiger partial charge in [0.15, 0.2) is 0 Å². The van der Waals surface area contributed by atoms with E-state index in [-0.39, 0.29) is 0 Å². The fraction of sp³-hybridized carbons (Fsp3) is 0. The first kappa shape index (κ1) is 18.5. The molecule has 2 heterocycles. The average molecular weight is 439 g/mol. The van der Waals surface area contributed by atoms with Gasteiger partial charge in [-0.3, -0.25) is 0 Å². The van der Waals surface area contributed by atoms with E-state index < -0.39 is 0 Å². The van der Waals surface area contributed by atoms with Gasteiger partial charge in [0.05, 0.1) is 22.4 Å². The van der Waals surface area contributed by atoms with Crippen LogP contribution in [0.2, 0.25) is 0 Å². The smallest absolute Gasteiger partial charge is 0.0979 e. The Kier molecular flexibility index (Phi) is 4.05. The molecule has 2 aromatic heterocycles. The Balaban J connectivity index is 1.58. The van der Waals surface area contributed by atoms with Crippen molar-refractivity contribution in [2.75, 3.05) is 0 Å². The summed E-state index contributed by atoms with van der Waals surface area (Å²) in [7, 11) is 0. The number of rotatable bonds is 2. The molecule has 0 unspecified atom stereocenters. The molecule has 7 rings (SSSR count). The molecular formula is C30H18N2S. The number of benzene rings is 5. The Morgan fingerprint density at radius 2 is 1.09 bits per heavy atom. The van der Waals surface area contributed by atoms with Crippen LogP contribution in [0.5, 0.6) is 0 Å². The molecule has 0 saturated carbocycles. The molecule has 2 nitrogen and oxygen atoms in total. The van der Waals surface area contributed by atoms with Crippen molar-refractivity contribution in [2.45, 2.75) is 0 Å². The Bertz CT molecular complexity index is 1820. The Hall–Kier alpha value is -4.08. The predicted octanol–water partition coefficient (Wildman–Crippen LogP) is 8.48. The molecule has 3 heteroatoms. The van der Waals surface area contributed by atoms with Crippen LogP contribution in [0.4, 0.5) is 0 Å². The molecule has 7 aromatic rings. The predicted molar refractivity (Wildman–Crippen MR) is 141 cm³/mol. The zero-order valence-corrected chi connectivity index (χ0v) is 18.5. The van der Waals surface area contributed by atoms with Gasteiger partial charge in [0.2, 0.25) is 0 Å². The molecule has 5 aromatic carbocycles. The minimum absolute atomic E-state index is 0.909. The Morgan fingerprint density at radius 1 is 0.455 bits per heavy atom. The van der Waals surface area contributed by atoms with Crippen molar-refractivity contribution >= 4 is 53.3 Å². The van der Waals surface area contributed by atoms with Crippen LogP contribution >= 0.6 is 11.3 Å². The number of fused-ring (bicyclic) bond motifs is 6. The van der Waals surface area contributed by atoms with Gasteiger partial charge < -0.3 is 0 Å². The SMILES string of the molecule is c1ccc(-c2nc3ccccc3nc2-c2cccc3c2ccc2c4ccccc4sc32)cc1. The second-order valence-electron chi connectivity index (χ2n) is 8.22. The molecular weight excluding hydrogens is 420 g/mol. The van der Waals surface area contributed by atoms with Crippen molar-refractivity contribution in [1.82, 2.24) is 9.97 Å². The molecule has 0 radical (unpaired) electrons. The van der Waals surface area contributed by atoms with E-state index in [2.05, 4.69) is 78.9 Å². The Morgan fingerprint density at radius 3 is 1.94 bits per heavy atom. The van der Waals surface area contributed by atoms with Crippen molar-refractivity contribution < 1.29 is 0 Å². The summed E-state index contributed by atoms with van der Waals surface area (Å²) in [6, 6.07) is 38.2. The number of nitrogens with zero attached hydrogens (tertiary/aromatic N) is 2. The van der Waals surface area contributed by atoms with E-state index in [9.17, 15) is 0 Å². The highest BCUT2D eigenvalue weighted by Crippen LogP contribution is 2.42. The molecule has 0 spiro atoms. The fourth-order valence-electron chi connectivity index (χ4n) is 4.73. The molecule has 154 valence electrons. The van der Waals surface area contributed by atoms with Crippen LogP contribution in [0.3, 0.4) is 0 Å². The van der Waals surface area contributed by atoms with E-state index in [4.69, 9.17) is 9.97 Å². The molecule has 0 aliphatic heterocycles. The number of hydrogen-bond acceptors (Lipinski definition) is 3. The first-order valence-electron chi connectivity index (χ1n) is 11.0. The normalized spacial score (nSPS) is 11.6. The third kappa shape index (κ3) is 2.86. The highest BCUT2D eigenvalue weighted by atomic mass is 32.1. The summed E-state index contributed by atoms with van der Waals surface area (Å²) in [5.74, 6) is 0. The van der Waals surface area contributed by atoms with Gasteiger partial charge in [-0.05, 0) is 23.6 Å². The standard InChI is InChI=1S/C30H18N2S/c1-2-9-19(10-3-1)28-29(32-26-15-6-5-14-25(26)31-28)22-12-8-13-23-20(22)17-18-24-21-11-4-7-16-27(21)33-30(23)24/h1-18H. The van der Waals surface area contributed by atoms with E-state index in [0.29, 0.717) is 0 Å². The number of aromatic nitrogens is 2. The lowest BCUT2D eigenvalue weighted by molar-refractivity contribution is 1.30. The summed E-state index contributed by atoms with van der Waals surface area (Å²) in [6.07, 6.45) is 0.